The van der Waals surface area contributed by atoms with Crippen molar-refractivity contribution in [1.29, 1.82) is 0 Å². The molecule has 0 aromatic carbocycles. The van der Waals surface area contributed by atoms with Crippen LogP contribution in [0, 0.1) is 3.57 Å². The molecule has 0 radical (unpaired) electrons. The van der Waals surface area contributed by atoms with Gasteiger partial charge in [0.1, 0.15) is 5.69 Å². The Hall–Kier alpha value is -0.560. The first-order valence-corrected chi connectivity index (χ1v) is 6.06. The summed E-state index contributed by atoms with van der Waals surface area (Å²) in [6.07, 6.45) is 3.92. The SMILES string of the molecule is O=C(c1cc(I)c[nH]1)N(CCO)C1CC1. The lowest BCUT2D eigenvalue weighted by atomic mass is 10.3. The van der Waals surface area contributed by atoms with Gasteiger partial charge in [-0.2, -0.15) is 0 Å². The van der Waals surface area contributed by atoms with Crippen molar-refractivity contribution >= 4 is 28.5 Å². The number of nitrogens with one attached hydrogen (secondary N) is 1. The Morgan fingerprint density at radius 1 is 1.67 bits per heavy atom. The number of hydrogen-bond acceptors (Lipinski definition) is 2. The molecule has 0 spiro atoms. The van der Waals surface area contributed by atoms with Crippen LogP contribution in [0.4, 0.5) is 0 Å². The zero-order valence-electron chi connectivity index (χ0n) is 8.24. The molecule has 2 rings (SSSR count). The maximum Gasteiger partial charge on any atom is 0.270 e. The minimum atomic E-state index is -0.00512. The molecule has 0 unspecified atom stereocenters. The van der Waals surface area contributed by atoms with Gasteiger partial charge in [0.15, 0.2) is 0 Å². The summed E-state index contributed by atoms with van der Waals surface area (Å²) in [6.45, 7) is 0.457. The van der Waals surface area contributed by atoms with E-state index >= 15 is 0 Å². The standard InChI is InChI=1S/C10H13IN2O2/c11-7-5-9(12-6-7)10(15)13(3-4-14)8-1-2-8/h5-6,8,12,14H,1-4H2. The first-order valence-electron chi connectivity index (χ1n) is 4.98. The van der Waals surface area contributed by atoms with E-state index in [2.05, 4.69) is 27.6 Å². The Morgan fingerprint density at radius 3 is 2.87 bits per heavy atom. The Kier molecular flexibility index (Phi) is 3.30. The van der Waals surface area contributed by atoms with Crippen LogP contribution in [0.25, 0.3) is 0 Å². The summed E-state index contributed by atoms with van der Waals surface area (Å²) in [7, 11) is 0. The second-order valence-corrected chi connectivity index (χ2v) is 4.93. The van der Waals surface area contributed by atoms with Crippen LogP contribution in [0.2, 0.25) is 0 Å². The smallest absolute Gasteiger partial charge is 0.270 e. The zero-order chi connectivity index (χ0) is 10.8. The molecule has 0 saturated heterocycles. The summed E-state index contributed by atoms with van der Waals surface area (Å²) >= 11 is 2.16. The molecule has 1 aromatic heterocycles. The minimum Gasteiger partial charge on any atom is -0.395 e. The molecule has 5 heteroatoms. The molecule has 0 atom stereocenters. The third-order valence-corrected chi connectivity index (χ3v) is 3.09. The van der Waals surface area contributed by atoms with Crippen LogP contribution in [0.1, 0.15) is 23.3 Å². The van der Waals surface area contributed by atoms with Crippen LogP contribution in [0.3, 0.4) is 0 Å². The molecule has 1 amide bonds. The van der Waals surface area contributed by atoms with Crippen molar-refractivity contribution in [1.82, 2.24) is 9.88 Å². The Morgan fingerprint density at radius 2 is 2.40 bits per heavy atom. The minimum absolute atomic E-state index is 0.00512. The van der Waals surface area contributed by atoms with Crippen molar-refractivity contribution in [3.05, 3.63) is 21.5 Å². The van der Waals surface area contributed by atoms with Gasteiger partial charge in [0.25, 0.3) is 5.91 Å². The van der Waals surface area contributed by atoms with Crippen LogP contribution in [-0.2, 0) is 0 Å². The van der Waals surface area contributed by atoms with E-state index in [0.717, 1.165) is 16.4 Å². The average molecular weight is 320 g/mol. The van der Waals surface area contributed by atoms with E-state index in [1.807, 2.05) is 6.07 Å². The van der Waals surface area contributed by atoms with Gasteiger partial charge in [0, 0.05) is 22.4 Å². The molecular weight excluding hydrogens is 307 g/mol. The highest BCUT2D eigenvalue weighted by molar-refractivity contribution is 14.1. The number of carbonyl (C=O) groups excluding carboxylic acids is 1. The predicted octanol–water partition coefficient (Wildman–Crippen LogP) is 1.22. The molecule has 1 fully saturated rings. The molecule has 0 aliphatic heterocycles. The van der Waals surface area contributed by atoms with Gasteiger partial charge in [-0.1, -0.05) is 0 Å². The van der Waals surface area contributed by atoms with E-state index < -0.39 is 0 Å². The lowest BCUT2D eigenvalue weighted by Gasteiger charge is -2.20. The Balaban J connectivity index is 2.10. The monoisotopic (exact) mass is 320 g/mol. The van der Waals surface area contributed by atoms with Gasteiger partial charge in [-0.3, -0.25) is 4.79 Å². The number of aromatic amines is 1. The number of rotatable bonds is 4. The maximum absolute atomic E-state index is 12.0. The molecule has 1 saturated carbocycles. The van der Waals surface area contributed by atoms with E-state index in [0.29, 0.717) is 18.3 Å². The molecule has 82 valence electrons. The number of aliphatic hydroxyl groups is 1. The van der Waals surface area contributed by atoms with E-state index in [4.69, 9.17) is 5.11 Å². The van der Waals surface area contributed by atoms with Crippen molar-refractivity contribution in [2.45, 2.75) is 18.9 Å². The van der Waals surface area contributed by atoms with Crippen molar-refractivity contribution < 1.29 is 9.90 Å². The summed E-state index contributed by atoms with van der Waals surface area (Å²) in [5.74, 6) is -0.00512. The van der Waals surface area contributed by atoms with E-state index in [1.165, 1.54) is 0 Å². The number of carbonyl (C=O) groups is 1. The van der Waals surface area contributed by atoms with Crippen LogP contribution in [0.5, 0.6) is 0 Å². The van der Waals surface area contributed by atoms with Gasteiger partial charge in [0.05, 0.1) is 6.61 Å². The first kappa shape index (κ1) is 10.9. The van der Waals surface area contributed by atoms with Gasteiger partial charge in [-0.15, -0.1) is 0 Å². The third-order valence-electron chi connectivity index (χ3n) is 2.47. The van der Waals surface area contributed by atoms with E-state index in [-0.39, 0.29) is 12.5 Å². The summed E-state index contributed by atoms with van der Waals surface area (Å²) in [6, 6.07) is 2.17. The summed E-state index contributed by atoms with van der Waals surface area (Å²) in [5.41, 5.74) is 0.611. The topological polar surface area (TPSA) is 56.3 Å². The summed E-state index contributed by atoms with van der Waals surface area (Å²) < 4.78 is 1.02. The van der Waals surface area contributed by atoms with Crippen LogP contribution in [0.15, 0.2) is 12.3 Å². The Labute approximate surface area is 102 Å². The fourth-order valence-electron chi connectivity index (χ4n) is 1.59. The van der Waals surface area contributed by atoms with Gasteiger partial charge < -0.3 is 15.0 Å². The van der Waals surface area contributed by atoms with Crippen molar-refractivity contribution in [3.8, 4) is 0 Å². The average Bonchev–Trinajstić information content (AvgIpc) is 2.96. The van der Waals surface area contributed by atoms with Crippen molar-refractivity contribution in [2.24, 2.45) is 0 Å². The predicted molar refractivity (Wildman–Crippen MR) is 64.7 cm³/mol. The molecule has 4 nitrogen and oxygen atoms in total. The summed E-state index contributed by atoms with van der Waals surface area (Å²) in [5, 5.41) is 8.91. The molecule has 1 aliphatic carbocycles. The number of aliphatic hydroxyl groups excluding tert-OH is 1. The third kappa shape index (κ3) is 2.52. The fourth-order valence-corrected chi connectivity index (χ4v) is 2.06. The molecule has 0 bridgehead atoms. The van der Waals surface area contributed by atoms with E-state index in [1.54, 1.807) is 11.1 Å². The highest BCUT2D eigenvalue weighted by Crippen LogP contribution is 2.27. The second-order valence-electron chi connectivity index (χ2n) is 3.68. The van der Waals surface area contributed by atoms with Gasteiger partial charge >= 0.3 is 0 Å². The van der Waals surface area contributed by atoms with Crippen LogP contribution in [-0.4, -0.2) is 40.1 Å². The molecule has 1 aromatic rings. The maximum atomic E-state index is 12.0. The van der Waals surface area contributed by atoms with Crippen LogP contribution < -0.4 is 0 Å². The van der Waals surface area contributed by atoms with E-state index in [9.17, 15) is 4.79 Å². The van der Waals surface area contributed by atoms with Crippen molar-refractivity contribution in [2.75, 3.05) is 13.2 Å². The molecule has 15 heavy (non-hydrogen) atoms. The first-order chi connectivity index (χ1) is 7.22. The number of hydrogen-bond donors (Lipinski definition) is 2. The highest BCUT2D eigenvalue weighted by Gasteiger charge is 2.32. The normalized spacial score (nSPS) is 15.3. The molecule has 1 aliphatic rings. The number of halogens is 1. The molecule has 1 heterocycles. The lowest BCUT2D eigenvalue weighted by Crippen LogP contribution is -2.35. The lowest BCUT2D eigenvalue weighted by molar-refractivity contribution is 0.0702. The molecular formula is C10H13IN2O2. The van der Waals surface area contributed by atoms with Gasteiger partial charge in [0.2, 0.25) is 0 Å². The molecule has 2 N–H and O–H groups in total. The number of aromatic nitrogens is 1. The zero-order valence-corrected chi connectivity index (χ0v) is 10.4. The summed E-state index contributed by atoms with van der Waals surface area (Å²) in [4.78, 5) is 16.7. The van der Waals surface area contributed by atoms with Gasteiger partial charge in [-0.05, 0) is 41.5 Å². The van der Waals surface area contributed by atoms with Crippen LogP contribution >= 0.6 is 22.6 Å². The number of H-pyrrole nitrogens is 1. The highest BCUT2D eigenvalue weighted by atomic mass is 127. The second kappa shape index (κ2) is 4.52. The number of nitrogens with zero attached hydrogens (tertiary/aromatic N) is 1. The quantitative estimate of drug-likeness (QED) is 0.820. The Bertz CT molecular complexity index is 360. The van der Waals surface area contributed by atoms with Crippen molar-refractivity contribution in [3.63, 3.8) is 0 Å². The fraction of sp³-hybridized carbons (Fsp3) is 0.500. The number of amides is 1. The van der Waals surface area contributed by atoms with Gasteiger partial charge in [-0.25, -0.2) is 0 Å². The largest absolute Gasteiger partial charge is 0.395 e.